The van der Waals surface area contributed by atoms with Crippen LogP contribution in [0.15, 0.2) is 48.2 Å². The van der Waals surface area contributed by atoms with Crippen LogP contribution >= 0.6 is 11.3 Å². The Balaban J connectivity index is 1.92. The van der Waals surface area contributed by atoms with E-state index in [1.165, 1.54) is 16.3 Å². The van der Waals surface area contributed by atoms with Crippen LogP contribution in [-0.2, 0) is 12.6 Å². The van der Waals surface area contributed by atoms with Gasteiger partial charge in [-0.2, -0.15) is 0 Å². The molecule has 2 aromatic rings. The lowest BCUT2D eigenvalue weighted by Gasteiger charge is -2.39. The summed E-state index contributed by atoms with van der Waals surface area (Å²) in [6.07, 6.45) is 6.81. The molecule has 0 saturated heterocycles. The second-order valence-electron chi connectivity index (χ2n) is 6.41. The summed E-state index contributed by atoms with van der Waals surface area (Å²) in [5.74, 6) is 0. The van der Waals surface area contributed by atoms with Crippen LogP contribution in [0.25, 0.3) is 0 Å². The van der Waals surface area contributed by atoms with Gasteiger partial charge in [0.1, 0.15) is 12.4 Å². The Morgan fingerprint density at radius 1 is 1.18 bits per heavy atom. The van der Waals surface area contributed by atoms with Crippen LogP contribution in [0, 0.1) is 6.92 Å². The van der Waals surface area contributed by atoms with Crippen molar-refractivity contribution in [3.63, 3.8) is 0 Å². The van der Waals surface area contributed by atoms with Crippen molar-refractivity contribution in [3.05, 3.63) is 59.4 Å². The highest BCUT2D eigenvalue weighted by Gasteiger charge is 2.40. The van der Waals surface area contributed by atoms with E-state index in [-0.39, 0.29) is 5.54 Å². The Bertz CT molecular complexity index is 702. The topological polar surface area (TPSA) is 10.4 Å². The van der Waals surface area contributed by atoms with Crippen molar-refractivity contribution in [2.24, 2.45) is 7.05 Å². The second-order valence-corrected chi connectivity index (χ2v) is 7.29. The van der Waals surface area contributed by atoms with Gasteiger partial charge < -0.3 is 4.90 Å². The number of rotatable bonds is 3. The number of benzene rings is 1. The lowest BCUT2D eigenvalue weighted by molar-refractivity contribution is -0.654. The van der Waals surface area contributed by atoms with Gasteiger partial charge in [0.25, 0.3) is 0 Å². The molecule has 3 rings (SSSR count). The molecule has 0 saturated carbocycles. The van der Waals surface area contributed by atoms with Crippen LogP contribution in [0.4, 0.5) is 5.13 Å². The van der Waals surface area contributed by atoms with E-state index in [9.17, 15) is 0 Å². The Morgan fingerprint density at radius 3 is 2.55 bits per heavy atom. The van der Waals surface area contributed by atoms with Gasteiger partial charge in [-0.1, -0.05) is 35.6 Å². The Kier molecular flexibility index (Phi) is 3.73. The smallest absolute Gasteiger partial charge is 0.327 e. The van der Waals surface area contributed by atoms with Crippen molar-refractivity contribution in [2.45, 2.75) is 39.4 Å². The first-order valence-corrected chi connectivity index (χ1v) is 8.55. The van der Waals surface area contributed by atoms with Crippen molar-refractivity contribution in [1.29, 1.82) is 0 Å². The predicted molar refractivity (Wildman–Crippen MR) is 92.6 cm³/mol. The van der Waals surface area contributed by atoms with E-state index in [2.05, 4.69) is 97.4 Å². The third-order valence-electron chi connectivity index (χ3n) is 4.62. The summed E-state index contributed by atoms with van der Waals surface area (Å²) in [5, 5.41) is 3.39. The molecule has 2 heterocycles. The fourth-order valence-electron chi connectivity index (χ4n) is 3.37. The lowest BCUT2D eigenvalue weighted by Crippen LogP contribution is -2.48. The average molecular weight is 314 g/mol. The molecule has 3 nitrogen and oxygen atoms in total. The molecule has 4 heteroatoms. The number of nitrogens with zero attached hydrogens (tertiary/aromatic N) is 3. The van der Waals surface area contributed by atoms with E-state index >= 15 is 0 Å². The predicted octanol–water partition coefficient (Wildman–Crippen LogP) is 3.76. The molecular weight excluding hydrogens is 290 g/mol. The van der Waals surface area contributed by atoms with Gasteiger partial charge in [-0.05, 0) is 38.8 Å². The molecule has 1 aliphatic heterocycles. The number of hydrogen-bond donors (Lipinski definition) is 0. The molecule has 0 aliphatic carbocycles. The monoisotopic (exact) mass is 314 g/mol. The molecule has 0 bridgehead atoms. The van der Waals surface area contributed by atoms with E-state index in [0.717, 1.165) is 0 Å². The van der Waals surface area contributed by atoms with Gasteiger partial charge in [0.05, 0.1) is 12.6 Å². The third-order valence-corrected chi connectivity index (χ3v) is 5.59. The van der Waals surface area contributed by atoms with E-state index in [1.807, 2.05) is 0 Å². The number of thiazole rings is 1. The summed E-state index contributed by atoms with van der Waals surface area (Å²) < 4.78 is 2.18. The largest absolute Gasteiger partial charge is 0.342 e. The molecule has 1 atom stereocenters. The highest BCUT2D eigenvalue weighted by Crippen LogP contribution is 2.37. The van der Waals surface area contributed by atoms with Gasteiger partial charge in [-0.15, -0.1) is 0 Å². The molecule has 116 valence electrons. The van der Waals surface area contributed by atoms with Crippen LogP contribution in [0.1, 0.15) is 31.9 Å². The van der Waals surface area contributed by atoms with E-state index < -0.39 is 0 Å². The first-order chi connectivity index (χ1) is 10.4. The number of hydrogen-bond acceptors (Lipinski definition) is 3. The first-order valence-electron chi connectivity index (χ1n) is 7.67. The zero-order valence-electron chi connectivity index (χ0n) is 13.9. The number of aromatic nitrogens is 1. The normalized spacial score (nSPS) is 18.3. The Labute approximate surface area is 137 Å². The summed E-state index contributed by atoms with van der Waals surface area (Å²) in [4.78, 5) is 4.78. The van der Waals surface area contributed by atoms with Crippen molar-refractivity contribution in [2.75, 3.05) is 4.90 Å². The van der Waals surface area contributed by atoms with Crippen molar-refractivity contribution in [1.82, 2.24) is 4.90 Å². The van der Waals surface area contributed by atoms with Gasteiger partial charge in [-0.3, -0.25) is 0 Å². The minimum absolute atomic E-state index is 0.0498. The summed E-state index contributed by atoms with van der Waals surface area (Å²) in [6, 6.07) is 8.67. The number of anilines is 1. The SMILES string of the molecule is Cc1ccccc1C(C)(C)N1C=CN(c2scc[n+]2C)[C@H]1C. The minimum atomic E-state index is -0.0498. The van der Waals surface area contributed by atoms with Crippen molar-refractivity contribution in [3.8, 4) is 0 Å². The molecule has 0 unspecified atom stereocenters. The highest BCUT2D eigenvalue weighted by atomic mass is 32.1. The maximum Gasteiger partial charge on any atom is 0.342 e. The lowest BCUT2D eigenvalue weighted by atomic mass is 9.88. The van der Waals surface area contributed by atoms with Crippen LogP contribution < -0.4 is 9.47 Å². The van der Waals surface area contributed by atoms with Crippen LogP contribution in [-0.4, -0.2) is 11.1 Å². The summed E-state index contributed by atoms with van der Waals surface area (Å²) >= 11 is 1.77. The van der Waals surface area contributed by atoms with Gasteiger partial charge >= 0.3 is 5.13 Å². The van der Waals surface area contributed by atoms with Crippen molar-refractivity contribution >= 4 is 16.5 Å². The number of aryl methyl sites for hydroxylation is 2. The maximum atomic E-state index is 2.44. The zero-order chi connectivity index (χ0) is 15.9. The molecule has 22 heavy (non-hydrogen) atoms. The Hall–Kier alpha value is -1.81. The summed E-state index contributed by atoms with van der Waals surface area (Å²) in [5.41, 5.74) is 2.67. The first kappa shape index (κ1) is 15.1. The highest BCUT2D eigenvalue weighted by molar-refractivity contribution is 7.13. The van der Waals surface area contributed by atoms with Gasteiger partial charge in [0, 0.05) is 11.6 Å². The molecular formula is C18H24N3S+. The van der Waals surface area contributed by atoms with Gasteiger partial charge in [0.15, 0.2) is 6.17 Å². The van der Waals surface area contributed by atoms with Gasteiger partial charge in [-0.25, -0.2) is 9.47 Å². The molecule has 1 aromatic carbocycles. The van der Waals surface area contributed by atoms with Crippen LogP contribution in [0.3, 0.4) is 0 Å². The molecule has 0 N–H and O–H groups in total. The van der Waals surface area contributed by atoms with E-state index in [1.54, 1.807) is 11.3 Å². The molecule has 0 radical (unpaired) electrons. The molecule has 0 amide bonds. The summed E-state index contributed by atoms with van der Waals surface area (Å²) in [7, 11) is 2.10. The fourth-order valence-corrected chi connectivity index (χ4v) is 4.30. The second kappa shape index (κ2) is 5.43. The minimum Gasteiger partial charge on any atom is -0.327 e. The molecule has 1 aliphatic rings. The average Bonchev–Trinajstić information content (AvgIpc) is 3.05. The standard InChI is InChI=1S/C18H24N3S/c1-14-8-6-7-9-16(14)18(3,4)21-11-10-20(15(21)2)17-19(5)12-13-22-17/h6-13,15H,1-5H3/q+1/t15-/m1/s1. The van der Waals surface area contributed by atoms with Crippen molar-refractivity contribution < 1.29 is 4.57 Å². The maximum absolute atomic E-state index is 2.44. The Morgan fingerprint density at radius 2 is 1.91 bits per heavy atom. The van der Waals surface area contributed by atoms with Gasteiger partial charge in [0.2, 0.25) is 0 Å². The van der Waals surface area contributed by atoms with E-state index in [0.29, 0.717) is 6.17 Å². The zero-order valence-corrected chi connectivity index (χ0v) is 14.8. The quantitative estimate of drug-likeness (QED) is 0.799. The third kappa shape index (κ3) is 2.31. The molecule has 0 fully saturated rings. The van der Waals surface area contributed by atoms with E-state index in [4.69, 9.17) is 0 Å². The van der Waals surface area contributed by atoms with Crippen LogP contribution in [0.5, 0.6) is 0 Å². The molecule has 0 spiro atoms. The van der Waals surface area contributed by atoms with Crippen LogP contribution in [0.2, 0.25) is 0 Å². The molecule has 1 aromatic heterocycles. The fraction of sp³-hybridized carbons (Fsp3) is 0.389. The summed E-state index contributed by atoms with van der Waals surface area (Å²) in [6.45, 7) is 9.06.